The van der Waals surface area contributed by atoms with Crippen LogP contribution in [0.4, 0.5) is 4.39 Å². The van der Waals surface area contributed by atoms with Crippen LogP contribution >= 0.6 is 11.3 Å². The topological polar surface area (TPSA) is 38.3 Å². The van der Waals surface area contributed by atoms with Crippen molar-refractivity contribution in [3.63, 3.8) is 0 Å². The lowest BCUT2D eigenvalue weighted by Gasteiger charge is -2.13. The van der Waals surface area contributed by atoms with Gasteiger partial charge in [-0.3, -0.25) is 4.79 Å². The number of ether oxygens (including phenoxy) is 1. The van der Waals surface area contributed by atoms with Crippen molar-refractivity contribution in [2.75, 3.05) is 13.2 Å². The molecule has 0 radical (unpaired) electrons. The standard InChI is InChI=1S/C20H20FNO2S/c1-14(15-7-3-2-4-8-15)24-12-6-11-22-20(23)19-13-16-17(21)9-5-10-18(16)25-19/h2-5,7-10,13-14H,6,11-12H2,1H3,(H,22,23). The lowest BCUT2D eigenvalue weighted by Crippen LogP contribution is -2.24. The molecule has 0 aliphatic carbocycles. The summed E-state index contributed by atoms with van der Waals surface area (Å²) in [5.74, 6) is -0.465. The molecule has 0 saturated carbocycles. The lowest BCUT2D eigenvalue weighted by molar-refractivity contribution is 0.0635. The largest absolute Gasteiger partial charge is 0.374 e. The van der Waals surface area contributed by atoms with Crippen LogP contribution in [-0.2, 0) is 4.74 Å². The summed E-state index contributed by atoms with van der Waals surface area (Å²) in [7, 11) is 0. The van der Waals surface area contributed by atoms with Crippen molar-refractivity contribution >= 4 is 27.3 Å². The summed E-state index contributed by atoms with van der Waals surface area (Å²) in [4.78, 5) is 12.7. The quantitative estimate of drug-likeness (QED) is 0.608. The molecule has 0 fully saturated rings. The second-order valence-corrected chi connectivity index (χ2v) is 6.88. The summed E-state index contributed by atoms with van der Waals surface area (Å²) < 4.78 is 20.3. The molecule has 1 amide bonds. The van der Waals surface area contributed by atoms with Gasteiger partial charge < -0.3 is 10.1 Å². The fraction of sp³-hybridized carbons (Fsp3) is 0.250. The molecule has 3 nitrogen and oxygen atoms in total. The van der Waals surface area contributed by atoms with Crippen molar-refractivity contribution in [1.82, 2.24) is 5.32 Å². The molecule has 3 aromatic rings. The SMILES string of the molecule is CC(OCCCNC(=O)c1cc2c(F)cccc2s1)c1ccccc1. The molecule has 0 aliphatic rings. The zero-order chi connectivity index (χ0) is 17.6. The zero-order valence-electron chi connectivity index (χ0n) is 14.0. The van der Waals surface area contributed by atoms with Crippen LogP contribution < -0.4 is 5.32 Å². The molecule has 0 aliphatic heterocycles. The first-order valence-electron chi connectivity index (χ1n) is 8.28. The molecule has 2 aromatic carbocycles. The number of fused-ring (bicyclic) bond motifs is 1. The van der Waals surface area contributed by atoms with Crippen LogP contribution in [0.15, 0.2) is 54.6 Å². The number of hydrogen-bond donors (Lipinski definition) is 1. The molecule has 5 heteroatoms. The van der Waals surface area contributed by atoms with Crippen molar-refractivity contribution in [3.8, 4) is 0 Å². The van der Waals surface area contributed by atoms with Gasteiger partial charge in [-0.05, 0) is 37.1 Å². The van der Waals surface area contributed by atoms with Gasteiger partial charge >= 0.3 is 0 Å². The molecule has 130 valence electrons. The van der Waals surface area contributed by atoms with E-state index in [1.54, 1.807) is 12.1 Å². The van der Waals surface area contributed by atoms with Crippen LogP contribution in [0.3, 0.4) is 0 Å². The predicted molar refractivity (Wildman–Crippen MR) is 99.5 cm³/mol. The van der Waals surface area contributed by atoms with Crippen molar-refractivity contribution in [2.45, 2.75) is 19.4 Å². The van der Waals surface area contributed by atoms with E-state index < -0.39 is 0 Å². The van der Waals surface area contributed by atoms with Crippen molar-refractivity contribution in [1.29, 1.82) is 0 Å². The first-order valence-corrected chi connectivity index (χ1v) is 9.09. The summed E-state index contributed by atoms with van der Waals surface area (Å²) >= 11 is 1.30. The van der Waals surface area contributed by atoms with E-state index >= 15 is 0 Å². The van der Waals surface area contributed by atoms with Gasteiger partial charge in [0.2, 0.25) is 0 Å². The van der Waals surface area contributed by atoms with Crippen LogP contribution in [0.25, 0.3) is 10.1 Å². The van der Waals surface area contributed by atoms with Gasteiger partial charge in [0, 0.05) is 23.2 Å². The van der Waals surface area contributed by atoms with Crippen molar-refractivity contribution in [3.05, 3.63) is 70.9 Å². The summed E-state index contributed by atoms with van der Waals surface area (Å²) in [5, 5.41) is 3.36. The highest BCUT2D eigenvalue weighted by molar-refractivity contribution is 7.20. The van der Waals surface area contributed by atoms with Gasteiger partial charge in [-0.1, -0.05) is 36.4 Å². The highest BCUT2D eigenvalue weighted by Crippen LogP contribution is 2.27. The number of thiophene rings is 1. The van der Waals surface area contributed by atoms with Gasteiger partial charge in [0.25, 0.3) is 5.91 Å². The van der Waals surface area contributed by atoms with E-state index in [-0.39, 0.29) is 17.8 Å². The maximum Gasteiger partial charge on any atom is 0.261 e. The highest BCUT2D eigenvalue weighted by atomic mass is 32.1. The first-order chi connectivity index (χ1) is 12.1. The number of nitrogens with one attached hydrogen (secondary N) is 1. The second kappa shape index (κ2) is 8.23. The van der Waals surface area contributed by atoms with E-state index in [2.05, 4.69) is 5.32 Å². The Morgan fingerprint density at radius 3 is 2.76 bits per heavy atom. The molecule has 0 bridgehead atoms. The Morgan fingerprint density at radius 1 is 1.20 bits per heavy atom. The smallest absolute Gasteiger partial charge is 0.261 e. The van der Waals surface area contributed by atoms with E-state index in [1.807, 2.05) is 43.3 Å². The number of carbonyl (C=O) groups is 1. The number of benzene rings is 2. The maximum absolute atomic E-state index is 13.7. The fourth-order valence-electron chi connectivity index (χ4n) is 2.58. The fourth-order valence-corrected chi connectivity index (χ4v) is 3.57. The van der Waals surface area contributed by atoms with Gasteiger partial charge in [0.15, 0.2) is 0 Å². The van der Waals surface area contributed by atoms with E-state index in [1.165, 1.54) is 17.4 Å². The van der Waals surface area contributed by atoms with Gasteiger partial charge in [-0.2, -0.15) is 0 Å². The first kappa shape index (κ1) is 17.6. The minimum Gasteiger partial charge on any atom is -0.374 e. The molecule has 1 aromatic heterocycles. The third-order valence-corrected chi connectivity index (χ3v) is 5.07. The van der Waals surface area contributed by atoms with Gasteiger partial charge in [0.05, 0.1) is 11.0 Å². The molecule has 0 saturated heterocycles. The molecule has 1 unspecified atom stereocenters. The summed E-state index contributed by atoms with van der Waals surface area (Å²) in [6.45, 7) is 3.11. The molecule has 0 spiro atoms. The normalized spacial score (nSPS) is 12.2. The van der Waals surface area contributed by atoms with Crippen LogP contribution in [0.5, 0.6) is 0 Å². The summed E-state index contributed by atoms with van der Waals surface area (Å²) in [6.07, 6.45) is 0.754. The Balaban J connectivity index is 1.44. The Morgan fingerprint density at radius 2 is 2.00 bits per heavy atom. The molecule has 1 N–H and O–H groups in total. The van der Waals surface area contributed by atoms with E-state index in [0.717, 1.165) is 16.7 Å². The van der Waals surface area contributed by atoms with Crippen LogP contribution in [-0.4, -0.2) is 19.1 Å². The van der Waals surface area contributed by atoms with E-state index in [0.29, 0.717) is 23.4 Å². The predicted octanol–water partition coefficient (Wildman–Crippen LogP) is 4.94. The van der Waals surface area contributed by atoms with Crippen LogP contribution in [0.2, 0.25) is 0 Å². The van der Waals surface area contributed by atoms with E-state index in [9.17, 15) is 9.18 Å². The van der Waals surface area contributed by atoms with Gasteiger partial charge in [-0.25, -0.2) is 4.39 Å². The lowest BCUT2D eigenvalue weighted by atomic mass is 10.1. The molecule has 25 heavy (non-hydrogen) atoms. The average Bonchev–Trinajstić information content (AvgIpc) is 3.08. The summed E-state index contributed by atoms with van der Waals surface area (Å²) in [5.41, 5.74) is 1.14. The van der Waals surface area contributed by atoms with E-state index in [4.69, 9.17) is 4.74 Å². The molecular weight excluding hydrogens is 337 g/mol. The van der Waals surface area contributed by atoms with Gasteiger partial charge in [-0.15, -0.1) is 11.3 Å². The monoisotopic (exact) mass is 357 g/mol. The highest BCUT2D eigenvalue weighted by Gasteiger charge is 2.12. The Labute approximate surface area is 150 Å². The Hall–Kier alpha value is -2.24. The minimum atomic E-state index is -0.295. The third-order valence-electron chi connectivity index (χ3n) is 3.98. The molecule has 1 heterocycles. The zero-order valence-corrected chi connectivity index (χ0v) is 14.8. The minimum absolute atomic E-state index is 0.0301. The number of rotatable bonds is 7. The molecule has 1 atom stereocenters. The number of halogens is 1. The Bertz CT molecular complexity index is 847. The van der Waals surface area contributed by atoms with Crippen LogP contribution in [0, 0.1) is 5.82 Å². The van der Waals surface area contributed by atoms with Crippen LogP contribution in [0.1, 0.15) is 34.7 Å². The van der Waals surface area contributed by atoms with Crippen molar-refractivity contribution in [2.24, 2.45) is 0 Å². The number of hydrogen-bond acceptors (Lipinski definition) is 3. The molecular formula is C20H20FNO2S. The summed E-state index contributed by atoms with van der Waals surface area (Å²) in [6, 6.07) is 16.5. The van der Waals surface area contributed by atoms with Gasteiger partial charge in [0.1, 0.15) is 5.82 Å². The number of carbonyl (C=O) groups excluding carboxylic acids is 1. The maximum atomic E-state index is 13.7. The average molecular weight is 357 g/mol. The third kappa shape index (κ3) is 4.44. The van der Waals surface area contributed by atoms with Crippen molar-refractivity contribution < 1.29 is 13.9 Å². The second-order valence-electron chi connectivity index (χ2n) is 5.80. The number of amides is 1. The Kier molecular flexibility index (Phi) is 5.79. The molecule has 3 rings (SSSR count).